The van der Waals surface area contributed by atoms with Crippen LogP contribution in [0.1, 0.15) is 22.3 Å². The molecular formula is C69H47N. The molecule has 1 aliphatic rings. The molecular weight excluding hydrogens is 843 g/mol. The van der Waals surface area contributed by atoms with Crippen molar-refractivity contribution in [2.45, 2.75) is 5.41 Å². The van der Waals surface area contributed by atoms with E-state index in [1.807, 2.05) is 0 Å². The van der Waals surface area contributed by atoms with E-state index in [1.165, 1.54) is 77.2 Å². The molecule has 0 bridgehead atoms. The van der Waals surface area contributed by atoms with Crippen LogP contribution in [-0.2, 0) is 5.41 Å². The fourth-order valence-electron chi connectivity index (χ4n) is 11.5. The summed E-state index contributed by atoms with van der Waals surface area (Å²) in [6, 6.07) is 105. The first-order chi connectivity index (χ1) is 34.8. The molecule has 328 valence electrons. The van der Waals surface area contributed by atoms with Gasteiger partial charge >= 0.3 is 0 Å². The Morgan fingerprint density at radius 1 is 0.257 bits per heavy atom. The molecule has 13 rings (SSSR count). The summed E-state index contributed by atoms with van der Waals surface area (Å²) in [5, 5.41) is 4.89. The van der Waals surface area contributed by atoms with Crippen LogP contribution < -0.4 is 4.90 Å². The zero-order chi connectivity index (χ0) is 46.4. The molecule has 0 aliphatic heterocycles. The topological polar surface area (TPSA) is 3.24 Å². The van der Waals surface area contributed by atoms with Gasteiger partial charge in [-0.15, -0.1) is 0 Å². The molecule has 0 fully saturated rings. The SMILES string of the molecule is c1ccc(-c2ccc(-c3cccc4ccccc34)cc2N(c2ccc(C3(c4ccccc4)c4ccccc4-c4ccccc43)cc2)c2ccccc2-c2cccc3cccc(-c4ccccc4)c23)cc1. The summed E-state index contributed by atoms with van der Waals surface area (Å²) in [4.78, 5) is 2.52. The van der Waals surface area contributed by atoms with E-state index in [-0.39, 0.29) is 0 Å². The lowest BCUT2D eigenvalue weighted by molar-refractivity contribution is 0.768. The van der Waals surface area contributed by atoms with E-state index in [0.717, 1.165) is 39.3 Å². The first kappa shape index (κ1) is 41.2. The lowest BCUT2D eigenvalue weighted by Gasteiger charge is -2.35. The fraction of sp³-hybridized carbons (Fsp3) is 0.0145. The molecule has 0 unspecified atom stereocenters. The van der Waals surface area contributed by atoms with Gasteiger partial charge in [0.05, 0.1) is 16.8 Å². The largest absolute Gasteiger partial charge is 0.309 e. The van der Waals surface area contributed by atoms with Gasteiger partial charge in [0.25, 0.3) is 0 Å². The molecule has 12 aromatic carbocycles. The van der Waals surface area contributed by atoms with Crippen LogP contribution in [0, 0.1) is 0 Å². The minimum atomic E-state index is -0.518. The Kier molecular flexibility index (Phi) is 10.1. The van der Waals surface area contributed by atoms with Gasteiger partial charge in [-0.1, -0.05) is 261 Å². The van der Waals surface area contributed by atoms with Crippen molar-refractivity contribution in [2.75, 3.05) is 4.90 Å². The Bertz CT molecular complexity index is 3820. The van der Waals surface area contributed by atoms with Crippen molar-refractivity contribution in [3.63, 3.8) is 0 Å². The van der Waals surface area contributed by atoms with Gasteiger partial charge in [0.15, 0.2) is 0 Å². The minimum Gasteiger partial charge on any atom is -0.309 e. The third-order valence-electron chi connectivity index (χ3n) is 14.6. The Morgan fingerprint density at radius 2 is 0.743 bits per heavy atom. The summed E-state index contributed by atoms with van der Waals surface area (Å²) in [5.74, 6) is 0. The number of para-hydroxylation sites is 1. The Morgan fingerprint density at radius 3 is 1.43 bits per heavy atom. The van der Waals surface area contributed by atoms with Gasteiger partial charge in [-0.25, -0.2) is 0 Å². The minimum absolute atomic E-state index is 0.518. The maximum Gasteiger partial charge on any atom is 0.0713 e. The average molecular weight is 890 g/mol. The number of fused-ring (bicyclic) bond motifs is 5. The van der Waals surface area contributed by atoms with E-state index >= 15 is 0 Å². The Balaban J connectivity index is 1.09. The van der Waals surface area contributed by atoms with Gasteiger partial charge in [-0.3, -0.25) is 0 Å². The second-order valence-electron chi connectivity index (χ2n) is 18.3. The molecule has 0 amide bonds. The Labute approximate surface area is 409 Å². The fourth-order valence-corrected chi connectivity index (χ4v) is 11.5. The van der Waals surface area contributed by atoms with Crippen molar-refractivity contribution in [1.29, 1.82) is 0 Å². The maximum absolute atomic E-state index is 2.52. The predicted octanol–water partition coefficient (Wildman–Crippen LogP) is 18.5. The zero-order valence-electron chi connectivity index (χ0n) is 38.6. The van der Waals surface area contributed by atoms with E-state index in [1.54, 1.807) is 0 Å². The zero-order valence-corrected chi connectivity index (χ0v) is 38.6. The molecule has 0 saturated heterocycles. The quantitative estimate of drug-likeness (QED) is 0.140. The molecule has 0 spiro atoms. The molecule has 0 N–H and O–H groups in total. The van der Waals surface area contributed by atoms with Crippen molar-refractivity contribution in [2.24, 2.45) is 0 Å². The van der Waals surface area contributed by atoms with Crippen LogP contribution in [-0.4, -0.2) is 0 Å². The Hall–Kier alpha value is -9.04. The van der Waals surface area contributed by atoms with Crippen molar-refractivity contribution in [1.82, 2.24) is 0 Å². The number of nitrogens with zero attached hydrogens (tertiary/aromatic N) is 1. The van der Waals surface area contributed by atoms with Gasteiger partial charge in [0, 0.05) is 16.8 Å². The molecule has 0 saturated carbocycles. The van der Waals surface area contributed by atoms with Crippen molar-refractivity contribution in [3.8, 4) is 55.6 Å². The molecule has 0 radical (unpaired) electrons. The summed E-state index contributed by atoms with van der Waals surface area (Å²) in [5.41, 5.74) is 19.8. The molecule has 1 aliphatic carbocycles. The number of anilines is 3. The first-order valence-corrected chi connectivity index (χ1v) is 24.3. The first-order valence-electron chi connectivity index (χ1n) is 24.3. The van der Waals surface area contributed by atoms with E-state index in [2.05, 4.69) is 290 Å². The third-order valence-corrected chi connectivity index (χ3v) is 14.6. The van der Waals surface area contributed by atoms with Crippen LogP contribution in [0.3, 0.4) is 0 Å². The van der Waals surface area contributed by atoms with Gasteiger partial charge in [-0.05, 0) is 113 Å². The summed E-state index contributed by atoms with van der Waals surface area (Å²) >= 11 is 0. The third kappa shape index (κ3) is 6.70. The highest BCUT2D eigenvalue weighted by Gasteiger charge is 2.45. The maximum atomic E-state index is 2.52. The van der Waals surface area contributed by atoms with Crippen LogP contribution in [0.2, 0.25) is 0 Å². The van der Waals surface area contributed by atoms with Crippen molar-refractivity contribution in [3.05, 3.63) is 307 Å². The normalized spacial score (nSPS) is 12.4. The molecule has 1 nitrogen and oxygen atoms in total. The highest BCUT2D eigenvalue weighted by Crippen LogP contribution is 2.57. The molecule has 1 heteroatoms. The number of rotatable bonds is 9. The number of hydrogen-bond acceptors (Lipinski definition) is 1. The standard InChI is InChI=1S/C69H47N/c1-4-21-49(22-5-1)58-46-41-52(57-35-18-26-48-25-10-11-31-56(48)57)47-67(58)70(66-40-17-14-34-62(66)63-37-20-28-51-27-19-36-59(68(51)63)50-23-6-2-7-24-50)55-44-42-54(43-45-55)69(53-29-8-3-9-30-53)64-38-15-12-32-60(64)61-33-13-16-39-65(61)69/h1-47H. The second kappa shape index (κ2) is 17.2. The van der Waals surface area contributed by atoms with E-state index in [4.69, 9.17) is 0 Å². The molecule has 0 aromatic heterocycles. The lowest BCUT2D eigenvalue weighted by atomic mass is 9.67. The predicted molar refractivity (Wildman–Crippen MR) is 295 cm³/mol. The van der Waals surface area contributed by atoms with Crippen LogP contribution in [0.25, 0.3) is 77.2 Å². The summed E-state index contributed by atoms with van der Waals surface area (Å²) < 4.78 is 0. The molecule has 0 heterocycles. The molecule has 70 heavy (non-hydrogen) atoms. The molecule has 12 aromatic rings. The highest BCUT2D eigenvalue weighted by atomic mass is 15.1. The van der Waals surface area contributed by atoms with Gasteiger partial charge in [0.2, 0.25) is 0 Å². The number of hydrogen-bond donors (Lipinski definition) is 0. The summed E-state index contributed by atoms with van der Waals surface area (Å²) in [7, 11) is 0. The summed E-state index contributed by atoms with van der Waals surface area (Å²) in [6.45, 7) is 0. The smallest absolute Gasteiger partial charge is 0.0713 e. The van der Waals surface area contributed by atoms with Crippen molar-refractivity contribution >= 4 is 38.6 Å². The average Bonchev–Trinajstić information content (AvgIpc) is 3.74. The monoisotopic (exact) mass is 889 g/mol. The van der Waals surface area contributed by atoms with Gasteiger partial charge in [-0.2, -0.15) is 0 Å². The van der Waals surface area contributed by atoms with Crippen LogP contribution in [0.4, 0.5) is 17.1 Å². The van der Waals surface area contributed by atoms with Crippen LogP contribution in [0.15, 0.2) is 285 Å². The van der Waals surface area contributed by atoms with Crippen LogP contribution >= 0.6 is 0 Å². The van der Waals surface area contributed by atoms with E-state index in [0.29, 0.717) is 0 Å². The number of benzene rings is 12. The van der Waals surface area contributed by atoms with Crippen LogP contribution in [0.5, 0.6) is 0 Å². The van der Waals surface area contributed by atoms with Crippen molar-refractivity contribution < 1.29 is 0 Å². The van der Waals surface area contributed by atoms with E-state index < -0.39 is 5.41 Å². The highest BCUT2D eigenvalue weighted by molar-refractivity contribution is 6.09. The molecule has 0 atom stereocenters. The van der Waals surface area contributed by atoms with Gasteiger partial charge in [0.1, 0.15) is 0 Å². The second-order valence-corrected chi connectivity index (χ2v) is 18.3. The summed E-state index contributed by atoms with van der Waals surface area (Å²) in [6.07, 6.45) is 0. The lowest BCUT2D eigenvalue weighted by Crippen LogP contribution is -2.28. The van der Waals surface area contributed by atoms with Gasteiger partial charge < -0.3 is 4.90 Å². The van der Waals surface area contributed by atoms with E-state index in [9.17, 15) is 0 Å².